The summed E-state index contributed by atoms with van der Waals surface area (Å²) in [5.74, 6) is 0.181. The van der Waals surface area contributed by atoms with Gasteiger partial charge in [0.25, 0.3) is 0 Å². The Morgan fingerprint density at radius 2 is 0.976 bits per heavy atom. The molecule has 0 bridgehead atoms. The van der Waals surface area contributed by atoms with Crippen LogP contribution in [0.1, 0.15) is 65.9 Å². The van der Waals surface area contributed by atoms with Gasteiger partial charge >= 0.3 is 25.5 Å². The molecule has 0 N–H and O–H groups in total. The van der Waals surface area contributed by atoms with Crippen molar-refractivity contribution in [1.82, 2.24) is 0 Å². The van der Waals surface area contributed by atoms with E-state index in [-0.39, 0.29) is 16.8 Å². The van der Waals surface area contributed by atoms with Crippen molar-refractivity contribution in [2.75, 3.05) is 0 Å². The van der Waals surface area contributed by atoms with Gasteiger partial charge in [0.1, 0.15) is 5.75 Å². The van der Waals surface area contributed by atoms with Crippen LogP contribution in [0, 0.1) is 19.1 Å². The van der Waals surface area contributed by atoms with Crippen molar-refractivity contribution in [3.8, 4) is 5.75 Å². The van der Waals surface area contributed by atoms with Crippen LogP contribution in [0.15, 0.2) is 127 Å². The minimum absolute atomic E-state index is 0.0658. The van der Waals surface area contributed by atoms with Crippen molar-refractivity contribution in [2.45, 2.75) is 45.4 Å². The Morgan fingerprint density at radius 3 is 1.48 bits per heavy atom. The zero-order valence-corrected chi connectivity index (χ0v) is 25.7. The van der Waals surface area contributed by atoms with Crippen LogP contribution >= 0.6 is 0 Å². The van der Waals surface area contributed by atoms with Crippen LogP contribution in [-0.2, 0) is 30.4 Å². The standard InChI is InChI=1S/C23H21O2.C15H15.Co.O/c1-17-9-11-19(12-10-17)23(2,3)20-13-15-21(16-14-20)25-22(24)18-7-5-4-6-8-18;1-15(2,13-9-5-3-6-10-13)14-11-7-4-8-12-14;;/h5-16H,1-3H3;3,5-12H,1-2H3;;/q2*-1;;. The molecule has 5 rings (SSSR count). The molecule has 0 aromatic heterocycles. The molecule has 0 unspecified atom stereocenters. The molecular formula is C38H36CoO3-2. The Bertz CT molecular complexity index is 1470. The zero-order chi connectivity index (χ0) is 30.6. The molecule has 0 saturated heterocycles. The molecule has 5 aromatic carbocycles. The molecular weight excluding hydrogens is 563 g/mol. The van der Waals surface area contributed by atoms with Crippen molar-refractivity contribution in [2.24, 2.45) is 0 Å². The quantitative estimate of drug-likeness (QED) is 0.111. The fourth-order valence-electron chi connectivity index (χ4n) is 4.59. The van der Waals surface area contributed by atoms with Crippen LogP contribution in [0.2, 0.25) is 0 Å². The molecule has 0 radical (unpaired) electrons. The molecule has 0 fully saturated rings. The third kappa shape index (κ3) is 8.45. The first-order valence-electron chi connectivity index (χ1n) is 13.7. The minimum atomic E-state index is -0.362. The van der Waals surface area contributed by atoms with E-state index in [1.165, 1.54) is 27.8 Å². The molecule has 0 amide bonds. The first kappa shape index (κ1) is 32.4. The molecule has 0 atom stereocenters. The van der Waals surface area contributed by atoms with Crippen LogP contribution in [0.4, 0.5) is 0 Å². The van der Waals surface area contributed by atoms with Crippen molar-refractivity contribution < 1.29 is 29.1 Å². The van der Waals surface area contributed by atoms with Crippen LogP contribution in [-0.4, -0.2) is 5.97 Å². The van der Waals surface area contributed by atoms with Gasteiger partial charge in [0, 0.05) is 5.41 Å². The summed E-state index contributed by atoms with van der Waals surface area (Å²) in [7, 11) is 0. The van der Waals surface area contributed by atoms with Gasteiger partial charge in [0.15, 0.2) is 0 Å². The third-order valence-corrected chi connectivity index (χ3v) is 7.45. The van der Waals surface area contributed by atoms with E-state index in [0.717, 1.165) is 0 Å². The molecule has 5 aromatic rings. The second-order valence-corrected chi connectivity index (χ2v) is 11.0. The number of hydrogen-bond donors (Lipinski definition) is 0. The number of rotatable bonds is 6. The molecule has 0 aliphatic carbocycles. The summed E-state index contributed by atoms with van der Waals surface area (Å²) in [5, 5.41) is 0. The molecule has 4 heteroatoms. The van der Waals surface area contributed by atoms with E-state index in [2.05, 4.69) is 129 Å². The Morgan fingerprint density at radius 1 is 0.571 bits per heavy atom. The summed E-state index contributed by atoms with van der Waals surface area (Å²) in [5.41, 5.74) is 6.81. The van der Waals surface area contributed by atoms with E-state index in [9.17, 15) is 4.79 Å². The van der Waals surface area contributed by atoms with E-state index in [4.69, 9.17) is 8.60 Å². The summed E-state index contributed by atoms with van der Waals surface area (Å²) in [6.07, 6.45) is 0. The SMILES string of the molecule is CC(C)(c1cc[c-]cc1)c1ccccc1.Cc1ccc(C(C)(C)c2ccc(OC(=O)c3cc[c-]cc3)cc2)cc1.[O]=[Co]. The second-order valence-electron chi connectivity index (χ2n) is 11.0. The fraction of sp³-hybridized carbons (Fsp3) is 0.184. The summed E-state index contributed by atoms with van der Waals surface area (Å²) in [6.45, 7) is 11.0. The topological polar surface area (TPSA) is 43.4 Å². The number of carbonyl (C=O) groups is 1. The van der Waals surface area contributed by atoms with E-state index in [1.807, 2.05) is 36.4 Å². The normalized spacial score (nSPS) is 10.8. The monoisotopic (exact) mass is 599 g/mol. The summed E-state index contributed by atoms with van der Waals surface area (Å²) >= 11 is 2.31. The molecule has 0 saturated carbocycles. The molecule has 3 nitrogen and oxygen atoms in total. The number of carbonyl (C=O) groups excluding carboxylic acids is 1. The molecule has 0 aliphatic heterocycles. The first-order chi connectivity index (χ1) is 20.2. The molecule has 217 valence electrons. The van der Waals surface area contributed by atoms with Crippen molar-refractivity contribution in [1.29, 1.82) is 0 Å². The van der Waals surface area contributed by atoms with Gasteiger partial charge in [0.05, 0.1) is 0 Å². The van der Waals surface area contributed by atoms with Crippen LogP contribution in [0.3, 0.4) is 0 Å². The van der Waals surface area contributed by atoms with E-state index in [0.29, 0.717) is 11.3 Å². The Hall–Kier alpha value is -4.12. The molecule has 0 spiro atoms. The molecule has 0 aliphatic rings. The van der Waals surface area contributed by atoms with Gasteiger partial charge in [0.2, 0.25) is 0 Å². The van der Waals surface area contributed by atoms with Gasteiger partial charge in [-0.15, -0.1) is 5.56 Å². The number of esters is 1. The predicted molar refractivity (Wildman–Crippen MR) is 165 cm³/mol. The number of benzene rings is 5. The summed E-state index contributed by atoms with van der Waals surface area (Å²) in [6, 6.07) is 47.8. The average molecular weight is 600 g/mol. The van der Waals surface area contributed by atoms with Crippen LogP contribution in [0.5, 0.6) is 5.75 Å². The Kier molecular flexibility index (Phi) is 11.7. The molecule has 42 heavy (non-hydrogen) atoms. The predicted octanol–water partition coefficient (Wildman–Crippen LogP) is 9.03. The van der Waals surface area contributed by atoms with Gasteiger partial charge in [-0.05, 0) is 46.7 Å². The van der Waals surface area contributed by atoms with E-state index in [1.54, 1.807) is 24.3 Å². The van der Waals surface area contributed by atoms with E-state index < -0.39 is 0 Å². The van der Waals surface area contributed by atoms with Crippen molar-refractivity contribution in [3.05, 3.63) is 173 Å². The van der Waals surface area contributed by atoms with Gasteiger partial charge in [-0.2, -0.15) is 60.7 Å². The zero-order valence-electron chi connectivity index (χ0n) is 24.7. The van der Waals surface area contributed by atoms with Gasteiger partial charge in [-0.3, -0.25) is 0 Å². The van der Waals surface area contributed by atoms with Gasteiger partial charge < -0.3 is 4.74 Å². The van der Waals surface area contributed by atoms with Crippen LogP contribution in [0.25, 0.3) is 0 Å². The van der Waals surface area contributed by atoms with Gasteiger partial charge in [-0.25, -0.2) is 4.79 Å². The fourth-order valence-corrected chi connectivity index (χ4v) is 4.59. The summed E-state index contributed by atoms with van der Waals surface area (Å²) < 4.78 is 13.4. The van der Waals surface area contributed by atoms with Gasteiger partial charge in [-0.1, -0.05) is 100.0 Å². The first-order valence-corrected chi connectivity index (χ1v) is 14.1. The third-order valence-electron chi connectivity index (χ3n) is 7.45. The maximum atomic E-state index is 12.1. The summed E-state index contributed by atoms with van der Waals surface area (Å²) in [4.78, 5) is 12.1. The average Bonchev–Trinajstić information content (AvgIpc) is 3.04. The van der Waals surface area contributed by atoms with Crippen molar-refractivity contribution >= 4 is 5.97 Å². The maximum absolute atomic E-state index is 12.1. The van der Waals surface area contributed by atoms with E-state index >= 15 is 0 Å². The number of hydrogen-bond acceptors (Lipinski definition) is 3. The second kappa shape index (κ2) is 15.2. The Labute approximate surface area is 258 Å². The number of aryl methyl sites for hydroxylation is 1. The number of ether oxygens (including phenoxy) is 1. The Balaban J connectivity index is 0.000000243. The molecule has 0 heterocycles. The van der Waals surface area contributed by atoms with Crippen molar-refractivity contribution in [3.63, 3.8) is 0 Å². The van der Waals surface area contributed by atoms with Crippen LogP contribution < -0.4 is 4.74 Å².